The van der Waals surface area contributed by atoms with Crippen molar-refractivity contribution in [3.63, 3.8) is 0 Å². The van der Waals surface area contributed by atoms with Crippen LogP contribution in [0.25, 0.3) is 10.8 Å². The summed E-state index contributed by atoms with van der Waals surface area (Å²) in [5.41, 5.74) is 0.290. The van der Waals surface area contributed by atoms with Gasteiger partial charge in [-0.15, -0.1) is 0 Å². The molecule has 3 heteroatoms. The highest BCUT2D eigenvalue weighted by atomic mass is 16.3. The molecule has 2 N–H and O–H groups in total. The Kier molecular flexibility index (Phi) is 1.85. The van der Waals surface area contributed by atoms with Gasteiger partial charge in [0.1, 0.15) is 11.5 Å². The Bertz CT molecular complexity index is 503. The molecule has 2 rings (SSSR count). The fraction of sp³-hybridized carbons (Fsp3) is 0. The summed E-state index contributed by atoms with van der Waals surface area (Å²) in [4.78, 5) is 10.7. The quantitative estimate of drug-likeness (QED) is 0.673. The molecule has 0 aliphatic heterocycles. The molecule has 2 aromatic rings. The SMILES string of the molecule is O=Cc1cc(O)cc2cccc(O)c12. The predicted molar refractivity (Wildman–Crippen MR) is 52.7 cm³/mol. The van der Waals surface area contributed by atoms with Crippen molar-refractivity contribution in [1.29, 1.82) is 0 Å². The standard InChI is InChI=1S/C11H8O3/c12-6-8-5-9(13)4-7-2-1-3-10(14)11(7)8/h1-6,13-14H. The maximum Gasteiger partial charge on any atom is 0.150 e. The molecule has 0 bridgehead atoms. The molecule has 3 nitrogen and oxygen atoms in total. The van der Waals surface area contributed by atoms with Gasteiger partial charge in [0.2, 0.25) is 0 Å². The molecule has 0 amide bonds. The number of rotatable bonds is 1. The Balaban J connectivity index is 2.95. The largest absolute Gasteiger partial charge is 0.508 e. The van der Waals surface area contributed by atoms with Crippen LogP contribution in [0, 0.1) is 0 Å². The summed E-state index contributed by atoms with van der Waals surface area (Å²) < 4.78 is 0. The van der Waals surface area contributed by atoms with E-state index in [1.807, 2.05) is 0 Å². The minimum atomic E-state index is 0.0187. The van der Waals surface area contributed by atoms with Crippen LogP contribution < -0.4 is 0 Å². The highest BCUT2D eigenvalue weighted by Gasteiger charge is 2.06. The molecule has 0 radical (unpaired) electrons. The second-order valence-corrected chi connectivity index (χ2v) is 3.03. The molecule has 70 valence electrons. The first-order chi connectivity index (χ1) is 6.72. The molecule has 0 saturated heterocycles. The van der Waals surface area contributed by atoms with Crippen LogP contribution in [0.1, 0.15) is 10.4 Å². The average molecular weight is 188 g/mol. The van der Waals surface area contributed by atoms with E-state index in [9.17, 15) is 15.0 Å². The number of phenolic OH excluding ortho intramolecular Hbond substituents is 2. The van der Waals surface area contributed by atoms with Gasteiger partial charge in [-0.3, -0.25) is 4.79 Å². The summed E-state index contributed by atoms with van der Waals surface area (Å²) >= 11 is 0. The third-order valence-corrected chi connectivity index (χ3v) is 2.10. The molecule has 0 saturated carbocycles. The van der Waals surface area contributed by atoms with Gasteiger partial charge < -0.3 is 10.2 Å². The molecular formula is C11H8O3. The van der Waals surface area contributed by atoms with Crippen LogP contribution in [0.4, 0.5) is 0 Å². The van der Waals surface area contributed by atoms with Gasteiger partial charge in [0.15, 0.2) is 6.29 Å². The first-order valence-electron chi connectivity index (χ1n) is 4.12. The molecule has 0 aliphatic carbocycles. The van der Waals surface area contributed by atoms with Crippen molar-refractivity contribution in [3.8, 4) is 11.5 Å². The number of hydrogen-bond acceptors (Lipinski definition) is 3. The second-order valence-electron chi connectivity index (χ2n) is 3.03. The summed E-state index contributed by atoms with van der Waals surface area (Å²) in [6.07, 6.45) is 0.613. The van der Waals surface area contributed by atoms with E-state index in [2.05, 4.69) is 0 Å². The minimum absolute atomic E-state index is 0.0187. The van der Waals surface area contributed by atoms with E-state index in [0.717, 1.165) is 0 Å². The topological polar surface area (TPSA) is 57.5 Å². The van der Waals surface area contributed by atoms with Gasteiger partial charge in [-0.05, 0) is 23.6 Å². The lowest BCUT2D eigenvalue weighted by atomic mass is 10.0. The van der Waals surface area contributed by atoms with Crippen molar-refractivity contribution in [3.05, 3.63) is 35.9 Å². The molecule has 0 spiro atoms. The molecule has 14 heavy (non-hydrogen) atoms. The Morgan fingerprint density at radius 2 is 1.93 bits per heavy atom. The number of fused-ring (bicyclic) bond motifs is 1. The molecule has 0 atom stereocenters. The van der Waals surface area contributed by atoms with Crippen molar-refractivity contribution < 1.29 is 15.0 Å². The molecule has 0 heterocycles. The molecule has 0 aliphatic rings. The average Bonchev–Trinajstić information content (AvgIpc) is 2.16. The van der Waals surface area contributed by atoms with Crippen LogP contribution in [-0.4, -0.2) is 16.5 Å². The normalized spacial score (nSPS) is 10.3. The number of aldehydes is 1. The van der Waals surface area contributed by atoms with Gasteiger partial charge >= 0.3 is 0 Å². The van der Waals surface area contributed by atoms with Gasteiger partial charge in [-0.1, -0.05) is 12.1 Å². The van der Waals surface area contributed by atoms with E-state index in [-0.39, 0.29) is 17.1 Å². The number of hydrogen-bond donors (Lipinski definition) is 2. The Hall–Kier alpha value is -2.03. The third-order valence-electron chi connectivity index (χ3n) is 2.10. The highest BCUT2D eigenvalue weighted by molar-refractivity contribution is 6.02. The first kappa shape index (κ1) is 8.56. The summed E-state index contributed by atoms with van der Waals surface area (Å²) in [5.74, 6) is 0.0646. The van der Waals surface area contributed by atoms with Gasteiger partial charge in [-0.2, -0.15) is 0 Å². The van der Waals surface area contributed by atoms with E-state index in [1.54, 1.807) is 12.1 Å². The fourth-order valence-electron chi connectivity index (χ4n) is 1.52. The first-order valence-corrected chi connectivity index (χ1v) is 4.12. The third kappa shape index (κ3) is 1.19. The van der Waals surface area contributed by atoms with Crippen molar-refractivity contribution >= 4 is 17.1 Å². The summed E-state index contributed by atoms with van der Waals surface area (Å²) in [6, 6.07) is 7.72. The van der Waals surface area contributed by atoms with Crippen LogP contribution in [0.5, 0.6) is 11.5 Å². The zero-order valence-corrected chi connectivity index (χ0v) is 7.27. The van der Waals surface area contributed by atoms with E-state index in [4.69, 9.17) is 0 Å². The molecule has 0 fully saturated rings. The molecular weight excluding hydrogens is 180 g/mol. The highest BCUT2D eigenvalue weighted by Crippen LogP contribution is 2.30. The van der Waals surface area contributed by atoms with Gasteiger partial charge in [0.05, 0.1) is 0 Å². The fourth-order valence-corrected chi connectivity index (χ4v) is 1.52. The summed E-state index contributed by atoms with van der Waals surface area (Å²) in [6.45, 7) is 0. The van der Waals surface area contributed by atoms with Crippen molar-refractivity contribution in [2.75, 3.05) is 0 Å². The van der Waals surface area contributed by atoms with Crippen molar-refractivity contribution in [1.82, 2.24) is 0 Å². The maximum absolute atomic E-state index is 10.7. The Morgan fingerprint density at radius 3 is 2.64 bits per heavy atom. The zero-order chi connectivity index (χ0) is 10.1. The molecule has 0 aromatic heterocycles. The Morgan fingerprint density at radius 1 is 1.14 bits per heavy atom. The monoisotopic (exact) mass is 188 g/mol. The summed E-state index contributed by atoms with van der Waals surface area (Å²) in [5, 5.41) is 19.9. The number of carbonyl (C=O) groups is 1. The molecule has 0 unspecified atom stereocenters. The van der Waals surface area contributed by atoms with E-state index < -0.39 is 0 Å². The maximum atomic E-state index is 10.7. The van der Waals surface area contributed by atoms with Crippen molar-refractivity contribution in [2.45, 2.75) is 0 Å². The van der Waals surface area contributed by atoms with Crippen molar-refractivity contribution in [2.24, 2.45) is 0 Å². The lowest BCUT2D eigenvalue weighted by Gasteiger charge is -2.04. The lowest BCUT2D eigenvalue weighted by Crippen LogP contribution is -1.84. The predicted octanol–water partition coefficient (Wildman–Crippen LogP) is 2.06. The van der Waals surface area contributed by atoms with E-state index >= 15 is 0 Å². The van der Waals surface area contributed by atoms with Crippen LogP contribution in [0.15, 0.2) is 30.3 Å². The van der Waals surface area contributed by atoms with Gasteiger partial charge in [-0.25, -0.2) is 0 Å². The number of carbonyl (C=O) groups excluding carboxylic acids is 1. The van der Waals surface area contributed by atoms with Crippen LogP contribution in [-0.2, 0) is 0 Å². The number of aromatic hydroxyl groups is 2. The lowest BCUT2D eigenvalue weighted by molar-refractivity contribution is 0.112. The number of benzene rings is 2. The minimum Gasteiger partial charge on any atom is -0.508 e. The van der Waals surface area contributed by atoms with Gasteiger partial charge in [0.25, 0.3) is 0 Å². The van der Waals surface area contributed by atoms with E-state index in [0.29, 0.717) is 17.1 Å². The van der Waals surface area contributed by atoms with Gasteiger partial charge in [0, 0.05) is 10.9 Å². The second kappa shape index (κ2) is 3.03. The van der Waals surface area contributed by atoms with Crippen LogP contribution in [0.2, 0.25) is 0 Å². The smallest absolute Gasteiger partial charge is 0.150 e. The van der Waals surface area contributed by atoms with E-state index in [1.165, 1.54) is 18.2 Å². The number of phenols is 2. The summed E-state index contributed by atoms with van der Waals surface area (Å²) in [7, 11) is 0. The molecule has 2 aromatic carbocycles. The van der Waals surface area contributed by atoms with Crippen LogP contribution in [0.3, 0.4) is 0 Å². The zero-order valence-electron chi connectivity index (χ0n) is 7.27. The Labute approximate surface area is 80.2 Å². The van der Waals surface area contributed by atoms with Crippen LogP contribution >= 0.6 is 0 Å².